The Morgan fingerprint density at radius 3 is 2.25 bits per heavy atom. The Morgan fingerprint density at radius 1 is 0.824 bits per heavy atom. The molecule has 8 aromatic rings. The molecule has 6 atom stereocenters. The van der Waals surface area contributed by atoms with Gasteiger partial charge in [0, 0.05) is 66.4 Å². The van der Waals surface area contributed by atoms with E-state index in [1.807, 2.05) is 63.8 Å². The van der Waals surface area contributed by atoms with Gasteiger partial charge >= 0.3 is 12.1 Å². The molecule has 476 valence electrons. The van der Waals surface area contributed by atoms with Gasteiger partial charge in [0.15, 0.2) is 17.4 Å². The fourth-order valence-corrected chi connectivity index (χ4v) is 13.3. The molecule has 5 fully saturated rings. The highest BCUT2D eigenvalue weighted by Gasteiger charge is 2.49. The molecule has 7 heterocycles. The third kappa shape index (κ3) is 12.0. The molecule has 5 aliphatic rings. The molecule has 1 unspecified atom stereocenters. The van der Waals surface area contributed by atoms with Crippen molar-refractivity contribution in [3.05, 3.63) is 131 Å². The number of carbonyl (C=O) groups is 3. The molecule has 0 spiro atoms. The molecule has 24 heteroatoms. The summed E-state index contributed by atoms with van der Waals surface area (Å²) in [7, 11) is 0. The van der Waals surface area contributed by atoms with E-state index >= 15 is 4.39 Å². The predicted molar refractivity (Wildman–Crippen MR) is 328 cm³/mol. The van der Waals surface area contributed by atoms with Crippen molar-refractivity contribution in [2.75, 3.05) is 44.4 Å². The number of aliphatic hydroxyl groups is 2. The van der Waals surface area contributed by atoms with E-state index in [1.165, 1.54) is 39.9 Å². The zero-order chi connectivity index (χ0) is 63.7. The van der Waals surface area contributed by atoms with Crippen molar-refractivity contribution in [1.29, 1.82) is 0 Å². The molecule has 3 aromatic heterocycles. The molecule has 0 radical (unpaired) electrons. The third-order valence-corrected chi connectivity index (χ3v) is 18.0. The number of rotatable bonds is 17. The number of halogens is 4. The lowest BCUT2D eigenvalue weighted by molar-refractivity contribution is -0.142. The van der Waals surface area contributed by atoms with Crippen molar-refractivity contribution in [1.82, 2.24) is 50.3 Å². The van der Waals surface area contributed by atoms with Crippen LogP contribution < -0.4 is 19.7 Å². The maximum atomic E-state index is 16.3. The Bertz CT molecular complexity index is 4090. The topological polar surface area (TPSA) is 236 Å². The van der Waals surface area contributed by atoms with Gasteiger partial charge < -0.3 is 49.2 Å². The molecular weight excluding hydrogens is 1180 g/mol. The molecule has 13 rings (SSSR count). The first kappa shape index (κ1) is 61.1. The van der Waals surface area contributed by atoms with Gasteiger partial charge in [-0.15, -0.1) is 5.10 Å². The molecule has 1 saturated carbocycles. The van der Waals surface area contributed by atoms with E-state index in [0.717, 1.165) is 47.2 Å². The standard InChI is InChI=1S/C67H71F4N11O9/c1-34(2)60(64(86)81-30-43(84)24-54(81)63(85)73-53(32-83)39-13-15-40(16-14-39)56-48(68)17-18-49(69)58(56)71)82-31-52(77-78-82)38-9-7-36(8-10-38)33-89-61-57(55-35(3)50(70)26-51-47(55)27-72-76-51)45(37-11-12-37)25-46-59(61)74-65(90-44-19-21-88-22-20-44)75-62(46)79-28-42-23-41(79)29-80(42)66(87)91-67(4,5)6/h7-10,13-18,25-27,31,34,37,41-44,53-54,60,83-84H,11-12,19-24,28-30,32-33H2,1-6H3,(H,72,76)(H,73,85)/t41-,42?,43+,53-,54-,60-/m0/s1. The first-order chi connectivity index (χ1) is 43.7. The second-order valence-corrected chi connectivity index (χ2v) is 25.9. The summed E-state index contributed by atoms with van der Waals surface area (Å²) in [6, 6.07) is 15.1. The van der Waals surface area contributed by atoms with Crippen LogP contribution in [0.15, 0.2) is 85.2 Å². The second kappa shape index (κ2) is 24.5. The van der Waals surface area contributed by atoms with Crippen LogP contribution in [0.2, 0.25) is 0 Å². The number of anilines is 1. The fraction of sp³-hybridized carbons (Fsp3) is 0.433. The Hall–Kier alpha value is -8.74. The first-order valence-electron chi connectivity index (χ1n) is 31.0. The molecule has 1 aliphatic carbocycles. The van der Waals surface area contributed by atoms with Gasteiger partial charge in [0.1, 0.15) is 59.1 Å². The van der Waals surface area contributed by atoms with Crippen LogP contribution in [0.3, 0.4) is 0 Å². The summed E-state index contributed by atoms with van der Waals surface area (Å²) in [5.74, 6) is -4.24. The molecule has 4 saturated heterocycles. The predicted octanol–water partition coefficient (Wildman–Crippen LogP) is 10.2. The molecule has 91 heavy (non-hydrogen) atoms. The largest absolute Gasteiger partial charge is 0.486 e. The van der Waals surface area contributed by atoms with E-state index in [9.17, 15) is 37.8 Å². The number of aromatic amines is 1. The normalized spacial score (nSPS) is 20.1. The fourth-order valence-electron chi connectivity index (χ4n) is 13.3. The number of β-amino-alcohol motifs (C(OH)–C–C–N with tert-alkyl or cyclic N) is 1. The Kier molecular flexibility index (Phi) is 16.4. The molecule has 20 nitrogen and oxygen atoms in total. The summed E-state index contributed by atoms with van der Waals surface area (Å²) in [6.07, 6.45) is 5.50. The summed E-state index contributed by atoms with van der Waals surface area (Å²) in [6.45, 7) is 12.3. The van der Waals surface area contributed by atoms with Crippen molar-refractivity contribution in [3.63, 3.8) is 0 Å². The molecule has 4 N–H and O–H groups in total. The quantitative estimate of drug-likeness (QED) is 0.0490. The second-order valence-electron chi connectivity index (χ2n) is 25.9. The minimum Gasteiger partial charge on any atom is -0.486 e. The summed E-state index contributed by atoms with van der Waals surface area (Å²) in [5.41, 5.74) is 4.83. The molecule has 5 aromatic carbocycles. The number of hydrogen-bond donors (Lipinski definition) is 4. The van der Waals surface area contributed by atoms with Crippen LogP contribution in [0, 0.1) is 36.1 Å². The maximum absolute atomic E-state index is 16.3. The average Bonchev–Trinajstić information content (AvgIpc) is 1.74. The monoisotopic (exact) mass is 1250 g/mol. The summed E-state index contributed by atoms with van der Waals surface area (Å²) >= 11 is 0. The highest BCUT2D eigenvalue weighted by molar-refractivity contribution is 6.06. The Labute approximate surface area is 521 Å². The van der Waals surface area contributed by atoms with Gasteiger partial charge in [0.2, 0.25) is 11.8 Å². The minimum atomic E-state index is -1.35. The van der Waals surface area contributed by atoms with E-state index < -0.39 is 77.1 Å². The maximum Gasteiger partial charge on any atom is 0.410 e. The summed E-state index contributed by atoms with van der Waals surface area (Å²) < 4.78 is 86.4. The van der Waals surface area contributed by atoms with Gasteiger partial charge in [-0.25, -0.2) is 27.0 Å². The van der Waals surface area contributed by atoms with Crippen LogP contribution in [-0.2, 0) is 25.7 Å². The average molecular weight is 1250 g/mol. The number of aromatic nitrogens is 7. The minimum absolute atomic E-state index is 0.0414. The van der Waals surface area contributed by atoms with Crippen molar-refractivity contribution in [3.8, 4) is 45.3 Å². The zero-order valence-corrected chi connectivity index (χ0v) is 51.3. The summed E-state index contributed by atoms with van der Waals surface area (Å²) in [5, 5.41) is 41.8. The van der Waals surface area contributed by atoms with E-state index in [1.54, 1.807) is 19.3 Å². The van der Waals surface area contributed by atoms with Crippen LogP contribution in [0.1, 0.15) is 113 Å². The number of benzene rings is 5. The number of fused-ring (bicyclic) bond motifs is 4. The number of hydrogen-bond acceptors (Lipinski definition) is 15. The number of nitrogens with zero attached hydrogens (tertiary/aromatic N) is 9. The van der Waals surface area contributed by atoms with Gasteiger partial charge in [-0.2, -0.15) is 15.1 Å². The van der Waals surface area contributed by atoms with Gasteiger partial charge in [-0.05, 0) is 111 Å². The lowest BCUT2D eigenvalue weighted by Crippen LogP contribution is -2.50. The lowest BCUT2D eigenvalue weighted by atomic mass is 9.88. The van der Waals surface area contributed by atoms with Crippen molar-refractivity contribution in [2.24, 2.45) is 5.92 Å². The van der Waals surface area contributed by atoms with Crippen LogP contribution in [0.5, 0.6) is 11.8 Å². The van der Waals surface area contributed by atoms with Gasteiger partial charge in [0.25, 0.3) is 0 Å². The van der Waals surface area contributed by atoms with Crippen molar-refractivity contribution >= 4 is 45.5 Å². The number of nitrogens with one attached hydrogen (secondary N) is 2. The van der Waals surface area contributed by atoms with E-state index in [0.29, 0.717) is 101 Å². The highest BCUT2D eigenvalue weighted by Crippen LogP contribution is 2.54. The Morgan fingerprint density at radius 2 is 1.56 bits per heavy atom. The number of ether oxygens (including phenoxy) is 4. The number of carbonyl (C=O) groups excluding carboxylic acids is 3. The van der Waals surface area contributed by atoms with E-state index in [2.05, 4.69) is 36.8 Å². The number of H-pyrrole nitrogens is 1. The van der Waals surface area contributed by atoms with Gasteiger partial charge in [-0.1, -0.05) is 67.6 Å². The van der Waals surface area contributed by atoms with Crippen LogP contribution in [0.25, 0.3) is 55.3 Å². The SMILES string of the molecule is Cc1c(F)cc2[nH]ncc2c1-c1c(C2CC2)cc2c(N3CC4C[C@H]3CN4C(=O)OC(C)(C)C)nc(OC3CCOCC3)nc2c1OCc1ccc(-c2cn([C@H](C(=O)N3C[C@H](O)C[C@H]3C(=O)N[C@@H](CO)c3ccc(-c4c(F)ccc(F)c4F)cc3)C(C)C)nn2)cc1. The smallest absolute Gasteiger partial charge is 0.410 e. The molecule has 3 amide bonds. The van der Waals surface area contributed by atoms with Gasteiger partial charge in [0.05, 0.1) is 67.5 Å². The molecule has 4 aliphatic heterocycles. The lowest BCUT2D eigenvalue weighted by Gasteiger charge is -2.36. The highest BCUT2D eigenvalue weighted by atomic mass is 19.2. The van der Waals surface area contributed by atoms with Crippen LogP contribution >= 0.6 is 0 Å². The van der Waals surface area contributed by atoms with Crippen LogP contribution in [-0.4, -0.2) is 148 Å². The molecule has 2 bridgehead atoms. The third-order valence-electron chi connectivity index (χ3n) is 18.0. The van der Waals surface area contributed by atoms with Crippen molar-refractivity contribution < 1.29 is 61.1 Å². The van der Waals surface area contributed by atoms with Gasteiger partial charge in [-0.3, -0.25) is 14.7 Å². The van der Waals surface area contributed by atoms with E-state index in [4.69, 9.17) is 28.9 Å². The summed E-state index contributed by atoms with van der Waals surface area (Å²) in [4.78, 5) is 58.0. The number of likely N-dealkylation sites (tertiary alicyclic amines) is 2. The van der Waals surface area contributed by atoms with E-state index in [-0.39, 0.29) is 67.3 Å². The first-order valence-corrected chi connectivity index (χ1v) is 31.0. The zero-order valence-electron chi connectivity index (χ0n) is 51.3. The number of aliphatic hydroxyl groups excluding tert-OH is 2. The molecular formula is C67H71F4N11O9. The number of piperazine rings is 1. The van der Waals surface area contributed by atoms with Crippen molar-refractivity contribution in [2.45, 2.75) is 141 Å². The Balaban J connectivity index is 0.785. The van der Waals surface area contributed by atoms with Crippen LogP contribution in [0.4, 0.5) is 28.2 Å². The number of amides is 3.